The average Bonchev–Trinajstić information content (AvgIpc) is 3.57. The third-order valence-electron chi connectivity index (χ3n) is 6.32. The van der Waals surface area contributed by atoms with Gasteiger partial charge < -0.3 is 20.5 Å². The topological polar surface area (TPSA) is 105 Å². The standard InChI is InChI=1S/C25H28F2N4O4/c1-4-25(3,29-24(33)34)13-28-23(32)21-19-10-14(2)11-20(31(19)30-22(21)15-8-9-15)35-12-16-17(26)6-5-7-18(16)27/h5-7,10-11,15,29H,4,8-9,12-13H2,1-3H3,(H,28,32)(H,33,34). The van der Waals surface area contributed by atoms with Crippen molar-refractivity contribution in [1.29, 1.82) is 0 Å². The molecule has 1 aliphatic carbocycles. The highest BCUT2D eigenvalue weighted by molar-refractivity contribution is 6.02. The fourth-order valence-corrected chi connectivity index (χ4v) is 3.94. The van der Waals surface area contributed by atoms with E-state index in [9.17, 15) is 18.4 Å². The fourth-order valence-electron chi connectivity index (χ4n) is 3.94. The van der Waals surface area contributed by atoms with Gasteiger partial charge in [0, 0.05) is 18.5 Å². The van der Waals surface area contributed by atoms with Crippen molar-refractivity contribution in [2.75, 3.05) is 6.54 Å². The summed E-state index contributed by atoms with van der Waals surface area (Å²) < 4.78 is 35.4. The molecule has 1 aliphatic rings. The van der Waals surface area contributed by atoms with Gasteiger partial charge in [0.15, 0.2) is 0 Å². The Bertz CT molecular complexity index is 1270. The first kappa shape index (κ1) is 24.4. The highest BCUT2D eigenvalue weighted by Gasteiger charge is 2.34. The van der Waals surface area contributed by atoms with E-state index in [1.54, 1.807) is 19.1 Å². The number of amides is 2. The molecule has 8 nitrogen and oxygen atoms in total. The van der Waals surface area contributed by atoms with Gasteiger partial charge in [-0.25, -0.2) is 13.6 Å². The van der Waals surface area contributed by atoms with Crippen molar-refractivity contribution < 1.29 is 28.2 Å². The van der Waals surface area contributed by atoms with E-state index in [0.717, 1.165) is 18.4 Å². The zero-order chi connectivity index (χ0) is 25.3. The van der Waals surface area contributed by atoms with E-state index in [2.05, 4.69) is 15.7 Å². The highest BCUT2D eigenvalue weighted by Crippen LogP contribution is 2.42. The van der Waals surface area contributed by atoms with Crippen molar-refractivity contribution in [3.8, 4) is 5.88 Å². The number of aromatic nitrogens is 2. The van der Waals surface area contributed by atoms with Gasteiger partial charge in [0.1, 0.15) is 18.2 Å². The number of benzene rings is 1. The number of rotatable bonds is 9. The van der Waals surface area contributed by atoms with Gasteiger partial charge in [0.2, 0.25) is 5.88 Å². The summed E-state index contributed by atoms with van der Waals surface area (Å²) in [6.45, 7) is 5.13. The number of aryl methyl sites for hydroxylation is 1. The quantitative estimate of drug-likeness (QED) is 0.412. The van der Waals surface area contributed by atoms with Gasteiger partial charge in [-0.15, -0.1) is 0 Å². The van der Waals surface area contributed by atoms with Crippen molar-refractivity contribution in [3.63, 3.8) is 0 Å². The lowest BCUT2D eigenvalue weighted by Gasteiger charge is -2.28. The lowest BCUT2D eigenvalue weighted by Crippen LogP contribution is -2.52. The molecule has 1 saturated carbocycles. The smallest absolute Gasteiger partial charge is 0.405 e. The molecule has 3 aromatic rings. The van der Waals surface area contributed by atoms with Crippen LogP contribution in [0.5, 0.6) is 5.88 Å². The van der Waals surface area contributed by atoms with Crippen LogP contribution in [0.15, 0.2) is 30.3 Å². The third-order valence-corrected chi connectivity index (χ3v) is 6.32. The monoisotopic (exact) mass is 486 g/mol. The Balaban J connectivity index is 1.67. The largest absolute Gasteiger partial charge is 0.473 e. The van der Waals surface area contributed by atoms with Crippen molar-refractivity contribution in [2.24, 2.45) is 0 Å². The van der Waals surface area contributed by atoms with E-state index in [1.807, 2.05) is 13.8 Å². The van der Waals surface area contributed by atoms with Crippen LogP contribution in [0.4, 0.5) is 13.6 Å². The van der Waals surface area contributed by atoms with Crippen molar-refractivity contribution >= 4 is 17.5 Å². The Morgan fingerprint density at radius 3 is 2.54 bits per heavy atom. The molecule has 0 saturated heterocycles. The Morgan fingerprint density at radius 2 is 1.94 bits per heavy atom. The Labute approximate surface area is 201 Å². The molecule has 35 heavy (non-hydrogen) atoms. The summed E-state index contributed by atoms with van der Waals surface area (Å²) in [6.07, 6.45) is 1.11. The van der Waals surface area contributed by atoms with Crippen LogP contribution in [-0.4, -0.2) is 38.8 Å². The first-order chi connectivity index (χ1) is 16.6. The van der Waals surface area contributed by atoms with E-state index < -0.39 is 23.3 Å². The van der Waals surface area contributed by atoms with Crippen LogP contribution in [0.2, 0.25) is 0 Å². The Morgan fingerprint density at radius 1 is 1.26 bits per heavy atom. The summed E-state index contributed by atoms with van der Waals surface area (Å²) in [4.78, 5) is 24.5. The molecule has 4 rings (SSSR count). The van der Waals surface area contributed by atoms with E-state index in [4.69, 9.17) is 9.84 Å². The summed E-state index contributed by atoms with van der Waals surface area (Å²) in [5.41, 5.74) is 1.28. The molecule has 3 N–H and O–H groups in total. The lowest BCUT2D eigenvalue weighted by atomic mass is 9.98. The highest BCUT2D eigenvalue weighted by atomic mass is 19.1. The number of ether oxygens (including phenoxy) is 1. The number of carbonyl (C=O) groups excluding carboxylic acids is 1. The first-order valence-corrected chi connectivity index (χ1v) is 11.5. The number of hydrogen-bond acceptors (Lipinski definition) is 4. The molecular formula is C25H28F2N4O4. The van der Waals surface area contributed by atoms with E-state index >= 15 is 0 Å². The average molecular weight is 487 g/mol. The van der Waals surface area contributed by atoms with Crippen LogP contribution in [0.25, 0.3) is 5.52 Å². The molecule has 2 heterocycles. The second-order valence-electron chi connectivity index (χ2n) is 9.22. The molecular weight excluding hydrogens is 458 g/mol. The minimum Gasteiger partial charge on any atom is -0.473 e. The van der Waals surface area contributed by atoms with Crippen LogP contribution in [-0.2, 0) is 6.61 Å². The van der Waals surface area contributed by atoms with Crippen LogP contribution in [0, 0.1) is 18.6 Å². The SMILES string of the molecule is CCC(C)(CNC(=O)c1c(C2CC2)nn2c(OCc3c(F)cccc3F)cc(C)cc12)NC(=O)O. The first-order valence-electron chi connectivity index (χ1n) is 11.5. The number of nitrogens with zero attached hydrogens (tertiary/aromatic N) is 2. The molecule has 0 aliphatic heterocycles. The normalized spacial score (nSPS) is 15.0. The molecule has 0 bridgehead atoms. The second-order valence-corrected chi connectivity index (χ2v) is 9.22. The van der Waals surface area contributed by atoms with Crippen LogP contribution < -0.4 is 15.4 Å². The number of carbonyl (C=O) groups is 2. The van der Waals surface area contributed by atoms with E-state index in [-0.39, 0.29) is 36.4 Å². The summed E-state index contributed by atoms with van der Waals surface area (Å²) in [6, 6.07) is 7.12. The van der Waals surface area contributed by atoms with Crippen molar-refractivity contribution in [1.82, 2.24) is 20.2 Å². The number of hydrogen-bond donors (Lipinski definition) is 3. The predicted molar refractivity (Wildman–Crippen MR) is 125 cm³/mol. The van der Waals surface area contributed by atoms with E-state index in [1.165, 1.54) is 22.7 Å². The van der Waals surface area contributed by atoms with E-state index in [0.29, 0.717) is 23.2 Å². The van der Waals surface area contributed by atoms with Gasteiger partial charge in [0.25, 0.3) is 5.91 Å². The van der Waals surface area contributed by atoms with Gasteiger partial charge >= 0.3 is 6.09 Å². The second kappa shape index (κ2) is 9.52. The van der Waals surface area contributed by atoms with Crippen molar-refractivity contribution in [3.05, 3.63) is 64.4 Å². The molecule has 1 atom stereocenters. The maximum absolute atomic E-state index is 14.1. The van der Waals surface area contributed by atoms with Crippen LogP contribution >= 0.6 is 0 Å². The number of carboxylic acid groups (broad SMARTS) is 1. The number of pyridine rings is 1. The third kappa shape index (κ3) is 5.21. The zero-order valence-corrected chi connectivity index (χ0v) is 19.8. The van der Waals surface area contributed by atoms with Crippen molar-refractivity contribution in [2.45, 2.75) is 58.1 Å². The van der Waals surface area contributed by atoms with Gasteiger partial charge in [-0.2, -0.15) is 9.61 Å². The van der Waals surface area contributed by atoms with Gasteiger partial charge in [-0.1, -0.05) is 13.0 Å². The summed E-state index contributed by atoms with van der Waals surface area (Å²) in [7, 11) is 0. The molecule has 1 unspecified atom stereocenters. The van der Waals surface area contributed by atoms with Crippen LogP contribution in [0.1, 0.15) is 66.2 Å². The summed E-state index contributed by atoms with van der Waals surface area (Å²) in [5, 5.41) is 19.1. The Hall–Kier alpha value is -3.69. The van der Waals surface area contributed by atoms with Gasteiger partial charge in [-0.3, -0.25) is 4.79 Å². The Kier molecular flexibility index (Phi) is 6.64. The summed E-state index contributed by atoms with van der Waals surface area (Å²) in [5.74, 6) is -1.40. The number of nitrogens with one attached hydrogen (secondary N) is 2. The zero-order valence-electron chi connectivity index (χ0n) is 19.8. The maximum Gasteiger partial charge on any atom is 0.405 e. The van der Waals surface area contributed by atoms with Crippen LogP contribution in [0.3, 0.4) is 0 Å². The molecule has 1 aromatic carbocycles. The van der Waals surface area contributed by atoms with Gasteiger partial charge in [-0.05, 0) is 56.9 Å². The number of halogens is 2. The molecule has 10 heteroatoms. The van der Waals surface area contributed by atoms with Gasteiger partial charge in [0.05, 0.1) is 27.9 Å². The molecule has 1 fully saturated rings. The summed E-state index contributed by atoms with van der Waals surface area (Å²) >= 11 is 0. The molecule has 186 valence electrons. The molecule has 0 radical (unpaired) electrons. The maximum atomic E-state index is 14.1. The minimum atomic E-state index is -1.16. The number of fused-ring (bicyclic) bond motifs is 1. The molecule has 2 aromatic heterocycles. The lowest BCUT2D eigenvalue weighted by molar-refractivity contribution is 0.0938. The predicted octanol–water partition coefficient (Wildman–Crippen LogP) is 4.54. The fraction of sp³-hybridized carbons (Fsp3) is 0.400. The minimum absolute atomic E-state index is 0.0951. The molecule has 2 amide bonds. The molecule has 0 spiro atoms.